The molecule has 1 aliphatic heterocycles. The largest absolute Gasteiger partial charge is 0.508 e. The van der Waals surface area contributed by atoms with Crippen LogP contribution in [0.25, 0.3) is 0 Å². The molecule has 19 heavy (non-hydrogen) atoms. The third kappa shape index (κ3) is 2.82. The van der Waals surface area contributed by atoms with Crippen molar-refractivity contribution in [2.24, 2.45) is 11.8 Å². The number of aromatic hydroxyl groups is 1. The summed E-state index contributed by atoms with van der Waals surface area (Å²) in [4.78, 5) is 22.2. The number of hydrogen-bond donors (Lipinski definition) is 3. The van der Waals surface area contributed by atoms with Gasteiger partial charge in [0.25, 0.3) is 5.69 Å². The van der Waals surface area contributed by atoms with Gasteiger partial charge in [0.15, 0.2) is 0 Å². The molecule has 1 aromatic carbocycles. The first-order valence-corrected chi connectivity index (χ1v) is 5.98. The number of nitrogens with zero attached hydrogens (tertiary/aromatic N) is 1. The van der Waals surface area contributed by atoms with Gasteiger partial charge >= 0.3 is 0 Å². The van der Waals surface area contributed by atoms with Crippen LogP contribution in [0, 0.1) is 22.0 Å². The summed E-state index contributed by atoms with van der Waals surface area (Å²) in [5.41, 5.74) is -0.209. The van der Waals surface area contributed by atoms with Crippen LogP contribution in [0.4, 0.5) is 11.4 Å². The van der Waals surface area contributed by atoms with Crippen LogP contribution in [0.3, 0.4) is 0 Å². The van der Waals surface area contributed by atoms with Crippen molar-refractivity contribution in [2.45, 2.75) is 6.92 Å². The number of nitro benzene ring substituents is 1. The molecule has 2 rings (SSSR count). The highest BCUT2D eigenvalue weighted by Crippen LogP contribution is 2.29. The van der Waals surface area contributed by atoms with Gasteiger partial charge < -0.3 is 15.7 Å². The maximum absolute atomic E-state index is 12.0. The highest BCUT2D eigenvalue weighted by atomic mass is 16.6. The lowest BCUT2D eigenvalue weighted by Crippen LogP contribution is -2.48. The molecule has 1 heterocycles. The van der Waals surface area contributed by atoms with E-state index in [1.807, 2.05) is 0 Å². The summed E-state index contributed by atoms with van der Waals surface area (Å²) >= 11 is 0. The van der Waals surface area contributed by atoms with Gasteiger partial charge in [-0.2, -0.15) is 0 Å². The molecule has 0 radical (unpaired) electrons. The zero-order valence-corrected chi connectivity index (χ0v) is 10.4. The lowest BCUT2D eigenvalue weighted by Gasteiger charge is -2.31. The number of hydrogen-bond acceptors (Lipinski definition) is 5. The van der Waals surface area contributed by atoms with Gasteiger partial charge in [-0.3, -0.25) is 14.9 Å². The van der Waals surface area contributed by atoms with Crippen LogP contribution in [0.1, 0.15) is 6.92 Å². The molecule has 0 saturated carbocycles. The minimum absolute atomic E-state index is 0.104. The summed E-state index contributed by atoms with van der Waals surface area (Å²) in [5, 5.41) is 25.7. The molecule has 102 valence electrons. The number of rotatable bonds is 4. The highest BCUT2D eigenvalue weighted by Gasteiger charge is 2.29. The van der Waals surface area contributed by atoms with E-state index < -0.39 is 4.92 Å². The lowest BCUT2D eigenvalue weighted by atomic mass is 9.88. The van der Waals surface area contributed by atoms with Crippen LogP contribution in [0.15, 0.2) is 18.2 Å². The van der Waals surface area contributed by atoms with Crippen molar-refractivity contribution in [3.05, 3.63) is 28.3 Å². The molecule has 1 unspecified atom stereocenters. The molecule has 7 nitrogen and oxygen atoms in total. The highest BCUT2D eigenvalue weighted by molar-refractivity contribution is 5.94. The summed E-state index contributed by atoms with van der Waals surface area (Å²) in [7, 11) is 0. The van der Waals surface area contributed by atoms with E-state index >= 15 is 0 Å². The van der Waals surface area contributed by atoms with E-state index in [2.05, 4.69) is 10.6 Å². The maximum Gasteiger partial charge on any atom is 0.296 e. The zero-order valence-electron chi connectivity index (χ0n) is 10.4. The fraction of sp³-hybridized carbons (Fsp3) is 0.417. The van der Waals surface area contributed by atoms with Crippen LogP contribution in [0.2, 0.25) is 0 Å². The number of benzene rings is 1. The molecule has 0 aromatic heterocycles. The molecule has 1 amide bonds. The Balaban J connectivity index is 2.13. The van der Waals surface area contributed by atoms with Gasteiger partial charge in [-0.15, -0.1) is 0 Å². The fourth-order valence-corrected chi connectivity index (χ4v) is 1.90. The Labute approximate surface area is 109 Å². The Kier molecular flexibility index (Phi) is 3.66. The smallest absolute Gasteiger partial charge is 0.296 e. The predicted molar refractivity (Wildman–Crippen MR) is 68.9 cm³/mol. The third-order valence-corrected chi connectivity index (χ3v) is 3.37. The number of amides is 1. The second kappa shape index (κ2) is 5.23. The molecule has 0 bridgehead atoms. The summed E-state index contributed by atoms with van der Waals surface area (Å²) < 4.78 is 0. The van der Waals surface area contributed by atoms with Crippen LogP contribution in [-0.4, -0.2) is 29.0 Å². The van der Waals surface area contributed by atoms with E-state index in [9.17, 15) is 20.0 Å². The Morgan fingerprint density at radius 1 is 1.58 bits per heavy atom. The number of nitrogens with one attached hydrogen (secondary N) is 2. The molecular formula is C12H15N3O4. The zero-order chi connectivity index (χ0) is 14.0. The van der Waals surface area contributed by atoms with Gasteiger partial charge in [-0.25, -0.2) is 0 Å². The predicted octanol–water partition coefficient (Wildman–Crippen LogP) is 1.09. The first kappa shape index (κ1) is 13.3. The second-order valence-corrected chi connectivity index (χ2v) is 4.65. The normalized spacial score (nSPS) is 16.5. The molecule has 7 heteroatoms. The Morgan fingerprint density at radius 3 is 2.79 bits per heavy atom. The van der Waals surface area contributed by atoms with Crippen molar-refractivity contribution < 1.29 is 14.8 Å². The minimum atomic E-state index is -0.634. The van der Waals surface area contributed by atoms with Crippen LogP contribution in [-0.2, 0) is 4.79 Å². The second-order valence-electron chi connectivity index (χ2n) is 4.65. The van der Waals surface area contributed by atoms with Gasteiger partial charge in [0.05, 0.1) is 11.0 Å². The molecule has 3 N–H and O–H groups in total. The molecule has 1 fully saturated rings. The monoisotopic (exact) mass is 265 g/mol. The minimum Gasteiger partial charge on any atom is -0.508 e. The average Bonchev–Trinajstić information content (AvgIpc) is 2.28. The van der Waals surface area contributed by atoms with E-state index in [1.165, 1.54) is 12.1 Å². The van der Waals surface area contributed by atoms with E-state index in [0.717, 1.165) is 19.2 Å². The summed E-state index contributed by atoms with van der Waals surface area (Å²) in [6.07, 6.45) is 0. The molecule has 0 spiro atoms. The van der Waals surface area contributed by atoms with Gasteiger partial charge in [-0.1, -0.05) is 6.92 Å². The maximum atomic E-state index is 12.0. The molecule has 1 saturated heterocycles. The first-order chi connectivity index (χ1) is 8.99. The number of carbonyl (C=O) groups is 1. The summed E-state index contributed by atoms with van der Waals surface area (Å²) in [5.74, 6) is -0.410. The van der Waals surface area contributed by atoms with Crippen LogP contribution < -0.4 is 10.6 Å². The van der Waals surface area contributed by atoms with Crippen molar-refractivity contribution >= 4 is 17.3 Å². The van der Waals surface area contributed by atoms with Crippen molar-refractivity contribution in [2.75, 3.05) is 18.4 Å². The topological polar surface area (TPSA) is 104 Å². The summed E-state index contributed by atoms with van der Waals surface area (Å²) in [6.45, 7) is 3.37. The quantitative estimate of drug-likeness (QED) is 0.429. The number of nitro groups is 1. The molecule has 1 atom stereocenters. The Bertz CT molecular complexity index is 514. The van der Waals surface area contributed by atoms with Gasteiger partial charge in [0, 0.05) is 5.92 Å². The standard InChI is InChI=1S/C12H15N3O4/c1-7(8-5-13-6-8)12(17)14-10-3-2-9(16)4-11(10)15(18)19/h2-4,7-8,13,16H,5-6H2,1H3,(H,14,17). The number of phenolic OH excluding ortho intramolecular Hbond substituents is 1. The SMILES string of the molecule is CC(C(=O)Nc1ccc(O)cc1[N+](=O)[O-])C1CNC1. The van der Waals surface area contributed by atoms with Crippen molar-refractivity contribution in [3.63, 3.8) is 0 Å². The molecular weight excluding hydrogens is 250 g/mol. The van der Waals surface area contributed by atoms with Crippen molar-refractivity contribution in [1.82, 2.24) is 5.32 Å². The number of anilines is 1. The average molecular weight is 265 g/mol. The van der Waals surface area contributed by atoms with Gasteiger partial charge in [0.2, 0.25) is 5.91 Å². The van der Waals surface area contributed by atoms with Gasteiger partial charge in [0.1, 0.15) is 11.4 Å². The number of phenols is 1. The lowest BCUT2D eigenvalue weighted by molar-refractivity contribution is -0.384. The van der Waals surface area contributed by atoms with Crippen LogP contribution in [0.5, 0.6) is 5.75 Å². The van der Waals surface area contributed by atoms with E-state index in [4.69, 9.17) is 0 Å². The van der Waals surface area contributed by atoms with E-state index in [-0.39, 0.29) is 34.9 Å². The Hall–Kier alpha value is -2.15. The van der Waals surface area contributed by atoms with E-state index in [1.54, 1.807) is 6.92 Å². The van der Waals surface area contributed by atoms with Gasteiger partial charge in [-0.05, 0) is 31.1 Å². The Morgan fingerprint density at radius 2 is 2.26 bits per heavy atom. The van der Waals surface area contributed by atoms with Crippen molar-refractivity contribution in [3.8, 4) is 5.75 Å². The molecule has 1 aromatic rings. The first-order valence-electron chi connectivity index (χ1n) is 5.98. The fourth-order valence-electron chi connectivity index (χ4n) is 1.90. The third-order valence-electron chi connectivity index (χ3n) is 3.37. The van der Waals surface area contributed by atoms with E-state index in [0.29, 0.717) is 0 Å². The molecule has 1 aliphatic rings. The summed E-state index contributed by atoms with van der Waals surface area (Å²) in [6, 6.07) is 3.65. The van der Waals surface area contributed by atoms with Crippen molar-refractivity contribution in [1.29, 1.82) is 0 Å². The number of carbonyl (C=O) groups excluding carboxylic acids is 1. The van der Waals surface area contributed by atoms with Crippen LogP contribution >= 0.6 is 0 Å². The molecule has 0 aliphatic carbocycles.